The Morgan fingerprint density at radius 2 is 2.12 bits per heavy atom. The Kier molecular flexibility index (Phi) is 2.19. The summed E-state index contributed by atoms with van der Waals surface area (Å²) in [7, 11) is -3.26. The Balaban J connectivity index is 4.27. The topological polar surface area (TPSA) is 69.9 Å². The van der Waals surface area contributed by atoms with Crippen molar-refractivity contribution >= 4 is 12.8 Å². The van der Waals surface area contributed by atoms with Crippen LogP contribution in [0.2, 0.25) is 0 Å². The van der Waals surface area contributed by atoms with Gasteiger partial charge in [-0.3, -0.25) is 4.57 Å². The van der Waals surface area contributed by atoms with Gasteiger partial charge in [-0.25, -0.2) is 0 Å². The van der Waals surface area contributed by atoms with Crippen LogP contribution in [0.5, 0.6) is 0 Å². The Morgan fingerprint density at radius 1 is 1.75 bits per heavy atom. The average Bonchev–Trinajstić information content (AvgIpc) is 1.62. The van der Waals surface area contributed by atoms with E-state index in [0.717, 1.165) is 6.66 Å². The molecule has 0 bridgehead atoms. The zero-order valence-electron chi connectivity index (χ0n) is 4.70. The molecule has 0 fully saturated rings. The van der Waals surface area contributed by atoms with Gasteiger partial charge in [-0.15, -0.1) is 0 Å². The first-order valence-electron chi connectivity index (χ1n) is 1.98. The van der Waals surface area contributed by atoms with Gasteiger partial charge in [0, 0.05) is 6.66 Å². The summed E-state index contributed by atoms with van der Waals surface area (Å²) in [4.78, 5) is 8.55. The summed E-state index contributed by atoms with van der Waals surface area (Å²) in [6, 6.07) is 0. The number of hydrogen-bond donors (Lipinski definition) is 2. The molecule has 0 rings (SSSR count). The third-order valence-corrected chi connectivity index (χ3v) is 2.04. The molecule has 4 nitrogen and oxygen atoms in total. The molecular weight excluding hydrogens is 129 g/mol. The predicted octanol–water partition coefficient (Wildman–Crippen LogP) is 0.694. The normalized spacial score (nSPS) is 20.1. The fourth-order valence-corrected chi connectivity index (χ4v) is 0.249. The second kappa shape index (κ2) is 2.29. The molecule has 0 amide bonds. The SMILES string of the molecule is CC(=NO)P(C)(=O)O. The first-order chi connectivity index (χ1) is 3.48. The summed E-state index contributed by atoms with van der Waals surface area (Å²) < 4.78 is 10.4. The van der Waals surface area contributed by atoms with Crippen molar-refractivity contribution in [3.8, 4) is 0 Å². The molecule has 1 unspecified atom stereocenters. The largest absolute Gasteiger partial charge is 0.410 e. The van der Waals surface area contributed by atoms with Gasteiger partial charge in [0.2, 0.25) is 7.37 Å². The Morgan fingerprint density at radius 3 is 2.12 bits per heavy atom. The van der Waals surface area contributed by atoms with Crippen LogP contribution in [0.3, 0.4) is 0 Å². The van der Waals surface area contributed by atoms with E-state index in [0.29, 0.717) is 0 Å². The highest BCUT2D eigenvalue weighted by atomic mass is 31.2. The van der Waals surface area contributed by atoms with Crippen molar-refractivity contribution in [2.75, 3.05) is 6.66 Å². The summed E-state index contributed by atoms with van der Waals surface area (Å²) in [6.45, 7) is 2.41. The molecule has 0 aliphatic rings. The van der Waals surface area contributed by atoms with Crippen molar-refractivity contribution in [1.82, 2.24) is 0 Å². The minimum atomic E-state index is -3.26. The summed E-state index contributed by atoms with van der Waals surface area (Å²) in [6.07, 6.45) is 0. The van der Waals surface area contributed by atoms with Gasteiger partial charge in [0.25, 0.3) is 0 Å². The van der Waals surface area contributed by atoms with Crippen molar-refractivity contribution in [2.24, 2.45) is 5.16 Å². The maximum absolute atomic E-state index is 10.4. The Bertz CT molecular complexity index is 147. The van der Waals surface area contributed by atoms with Crippen LogP contribution in [0.1, 0.15) is 6.92 Å². The lowest BCUT2D eigenvalue weighted by molar-refractivity contribution is 0.319. The zero-order valence-corrected chi connectivity index (χ0v) is 5.59. The van der Waals surface area contributed by atoms with E-state index in [1.54, 1.807) is 0 Å². The molecule has 8 heavy (non-hydrogen) atoms. The maximum Gasteiger partial charge on any atom is 0.243 e. The van der Waals surface area contributed by atoms with E-state index >= 15 is 0 Å². The molecule has 0 saturated heterocycles. The van der Waals surface area contributed by atoms with Crippen LogP contribution in [-0.2, 0) is 4.57 Å². The molecular formula is C3H8NO3P. The molecule has 0 aromatic rings. The average molecular weight is 137 g/mol. The van der Waals surface area contributed by atoms with Gasteiger partial charge in [0.05, 0.1) is 0 Å². The van der Waals surface area contributed by atoms with E-state index in [-0.39, 0.29) is 5.45 Å². The van der Waals surface area contributed by atoms with E-state index in [9.17, 15) is 4.57 Å². The molecule has 0 aliphatic heterocycles. The predicted molar refractivity (Wildman–Crippen MR) is 30.6 cm³/mol. The van der Waals surface area contributed by atoms with Crippen molar-refractivity contribution in [2.45, 2.75) is 6.92 Å². The van der Waals surface area contributed by atoms with Gasteiger partial charge in [0.15, 0.2) is 0 Å². The van der Waals surface area contributed by atoms with Crippen LogP contribution in [0.4, 0.5) is 0 Å². The molecule has 0 aliphatic carbocycles. The third kappa shape index (κ3) is 2.09. The standard InChI is InChI=1S/C3H8NO3P/c1-3(4-5)8(2,6)7/h5H,1-2H3,(H,6,7). The smallest absolute Gasteiger partial charge is 0.243 e. The zero-order chi connectivity index (χ0) is 6.78. The van der Waals surface area contributed by atoms with Crippen LogP contribution < -0.4 is 0 Å². The third-order valence-electron chi connectivity index (χ3n) is 0.745. The lowest BCUT2D eigenvalue weighted by atomic mass is 10.9. The second-order valence-corrected chi connectivity index (χ2v) is 3.93. The van der Waals surface area contributed by atoms with Crippen molar-refractivity contribution in [3.63, 3.8) is 0 Å². The van der Waals surface area contributed by atoms with Gasteiger partial charge >= 0.3 is 0 Å². The quantitative estimate of drug-likeness (QED) is 0.242. The molecule has 0 radical (unpaired) electrons. The van der Waals surface area contributed by atoms with E-state index in [1.165, 1.54) is 6.92 Å². The monoisotopic (exact) mass is 137 g/mol. The van der Waals surface area contributed by atoms with Crippen LogP contribution in [0, 0.1) is 0 Å². The molecule has 0 aromatic heterocycles. The van der Waals surface area contributed by atoms with E-state index in [2.05, 4.69) is 5.16 Å². The highest BCUT2D eigenvalue weighted by Crippen LogP contribution is 2.36. The van der Waals surface area contributed by atoms with Crippen molar-refractivity contribution in [3.05, 3.63) is 0 Å². The molecule has 0 heterocycles. The van der Waals surface area contributed by atoms with E-state index < -0.39 is 7.37 Å². The molecule has 1 atom stereocenters. The van der Waals surface area contributed by atoms with Crippen molar-refractivity contribution in [1.29, 1.82) is 0 Å². The van der Waals surface area contributed by atoms with Gasteiger partial charge in [-0.2, -0.15) is 0 Å². The highest BCUT2D eigenvalue weighted by Gasteiger charge is 2.13. The summed E-state index contributed by atoms with van der Waals surface area (Å²) in [5.41, 5.74) is -0.127. The summed E-state index contributed by atoms with van der Waals surface area (Å²) in [5.74, 6) is 0. The molecule has 2 N–H and O–H groups in total. The number of oxime groups is 1. The molecule has 48 valence electrons. The van der Waals surface area contributed by atoms with Crippen LogP contribution in [0.25, 0.3) is 0 Å². The number of hydrogen-bond acceptors (Lipinski definition) is 3. The minimum Gasteiger partial charge on any atom is -0.410 e. The summed E-state index contributed by atoms with van der Waals surface area (Å²) >= 11 is 0. The van der Waals surface area contributed by atoms with E-state index in [4.69, 9.17) is 10.1 Å². The minimum absolute atomic E-state index is 0.127. The van der Waals surface area contributed by atoms with Crippen LogP contribution in [0.15, 0.2) is 5.16 Å². The van der Waals surface area contributed by atoms with Crippen molar-refractivity contribution < 1.29 is 14.7 Å². The van der Waals surface area contributed by atoms with E-state index in [1.807, 2.05) is 0 Å². The maximum atomic E-state index is 10.4. The lowest BCUT2D eigenvalue weighted by Gasteiger charge is -1.98. The Hall–Kier alpha value is -0.340. The fraction of sp³-hybridized carbons (Fsp3) is 0.667. The van der Waals surface area contributed by atoms with Crippen LogP contribution >= 0.6 is 7.37 Å². The first-order valence-corrected chi connectivity index (χ1v) is 4.08. The molecule has 5 heteroatoms. The summed E-state index contributed by atoms with van der Waals surface area (Å²) in [5, 5.41) is 10.5. The van der Waals surface area contributed by atoms with Crippen LogP contribution in [-0.4, -0.2) is 22.2 Å². The highest BCUT2D eigenvalue weighted by molar-refractivity contribution is 7.74. The molecule has 0 saturated carbocycles. The second-order valence-electron chi connectivity index (χ2n) is 1.53. The number of rotatable bonds is 1. The first kappa shape index (κ1) is 7.66. The molecule has 0 spiro atoms. The van der Waals surface area contributed by atoms with Gasteiger partial charge in [-0.05, 0) is 6.92 Å². The fourth-order valence-electron chi connectivity index (χ4n) is 0.0830. The van der Waals surface area contributed by atoms with Gasteiger partial charge in [0.1, 0.15) is 5.45 Å². The van der Waals surface area contributed by atoms with Gasteiger partial charge in [-0.1, -0.05) is 5.16 Å². The van der Waals surface area contributed by atoms with Gasteiger partial charge < -0.3 is 10.1 Å². The molecule has 0 aromatic carbocycles. The lowest BCUT2D eigenvalue weighted by Crippen LogP contribution is -1.90. The number of nitrogens with zero attached hydrogens (tertiary/aromatic N) is 1. The Labute approximate surface area is 47.3 Å².